The standard InChI is InChI=1S/C12H12BrCl2NO/c1-3-9(16-2)10-4-6-11(15)7(13)5-8(14)12(6)17-10/h4-5,9,16H,3H2,1-2H3. The first-order chi connectivity index (χ1) is 8.08. The van der Waals surface area contributed by atoms with E-state index in [9.17, 15) is 0 Å². The van der Waals surface area contributed by atoms with Gasteiger partial charge in [0, 0.05) is 9.86 Å². The molecule has 2 nitrogen and oxygen atoms in total. The summed E-state index contributed by atoms with van der Waals surface area (Å²) in [5.74, 6) is 0.854. The molecule has 17 heavy (non-hydrogen) atoms. The van der Waals surface area contributed by atoms with Gasteiger partial charge >= 0.3 is 0 Å². The summed E-state index contributed by atoms with van der Waals surface area (Å²) < 4.78 is 6.56. The van der Waals surface area contributed by atoms with E-state index >= 15 is 0 Å². The molecule has 0 fully saturated rings. The fourth-order valence-electron chi connectivity index (χ4n) is 1.84. The van der Waals surface area contributed by atoms with E-state index < -0.39 is 0 Å². The third kappa shape index (κ3) is 2.34. The number of nitrogens with one attached hydrogen (secondary N) is 1. The molecule has 0 aliphatic heterocycles. The van der Waals surface area contributed by atoms with Crippen molar-refractivity contribution in [3.05, 3.63) is 32.4 Å². The van der Waals surface area contributed by atoms with Crippen LogP contribution in [0.25, 0.3) is 11.0 Å². The highest BCUT2D eigenvalue weighted by Gasteiger charge is 2.17. The highest BCUT2D eigenvalue weighted by atomic mass is 79.9. The summed E-state index contributed by atoms with van der Waals surface area (Å²) in [6.45, 7) is 2.09. The van der Waals surface area contributed by atoms with Crippen LogP contribution < -0.4 is 5.32 Å². The summed E-state index contributed by atoms with van der Waals surface area (Å²) in [5, 5.41) is 5.23. The lowest BCUT2D eigenvalue weighted by molar-refractivity contribution is 0.444. The van der Waals surface area contributed by atoms with Crippen LogP contribution in [0.2, 0.25) is 10.0 Å². The molecule has 0 aliphatic rings. The third-order valence-corrected chi connectivity index (χ3v) is 4.31. The molecule has 1 N–H and O–H groups in total. The van der Waals surface area contributed by atoms with Crippen molar-refractivity contribution in [2.24, 2.45) is 0 Å². The summed E-state index contributed by atoms with van der Waals surface area (Å²) in [6, 6.07) is 3.87. The average Bonchev–Trinajstić information content (AvgIpc) is 2.73. The Hall–Kier alpha value is -0.220. The van der Waals surface area contributed by atoms with Crippen molar-refractivity contribution in [2.75, 3.05) is 7.05 Å². The minimum atomic E-state index is 0.174. The smallest absolute Gasteiger partial charge is 0.154 e. The van der Waals surface area contributed by atoms with Crippen LogP contribution in [0.3, 0.4) is 0 Å². The third-order valence-electron chi connectivity index (χ3n) is 2.77. The van der Waals surface area contributed by atoms with Gasteiger partial charge in [0.15, 0.2) is 5.58 Å². The monoisotopic (exact) mass is 335 g/mol. The molecule has 1 aromatic carbocycles. The molecule has 1 unspecified atom stereocenters. The Morgan fingerprint density at radius 2 is 2.12 bits per heavy atom. The number of hydrogen-bond acceptors (Lipinski definition) is 2. The van der Waals surface area contributed by atoms with Crippen LogP contribution in [0.1, 0.15) is 25.1 Å². The summed E-state index contributed by atoms with van der Waals surface area (Å²) in [6.07, 6.45) is 0.937. The zero-order chi connectivity index (χ0) is 12.6. The highest BCUT2D eigenvalue weighted by Crippen LogP contribution is 2.39. The molecule has 2 rings (SSSR count). The second-order valence-corrected chi connectivity index (χ2v) is 5.43. The van der Waals surface area contributed by atoms with Crippen molar-refractivity contribution in [3.8, 4) is 0 Å². The van der Waals surface area contributed by atoms with E-state index in [1.807, 2.05) is 13.1 Å². The molecule has 92 valence electrons. The lowest BCUT2D eigenvalue weighted by Gasteiger charge is -2.09. The molecule has 1 heterocycles. The van der Waals surface area contributed by atoms with Crippen LogP contribution in [-0.4, -0.2) is 7.05 Å². The fourth-order valence-corrected chi connectivity index (χ4v) is 2.86. The summed E-state index contributed by atoms with van der Waals surface area (Å²) in [5.41, 5.74) is 0.642. The summed E-state index contributed by atoms with van der Waals surface area (Å²) in [7, 11) is 1.90. The van der Waals surface area contributed by atoms with E-state index in [1.165, 1.54) is 0 Å². The first-order valence-corrected chi connectivity index (χ1v) is 6.87. The lowest BCUT2D eigenvalue weighted by Crippen LogP contribution is -2.14. The van der Waals surface area contributed by atoms with Gasteiger partial charge in [-0.25, -0.2) is 0 Å². The maximum atomic E-state index is 6.22. The minimum absolute atomic E-state index is 0.174. The molecule has 0 saturated heterocycles. The maximum absolute atomic E-state index is 6.22. The minimum Gasteiger partial charge on any atom is -0.458 e. The van der Waals surface area contributed by atoms with Crippen LogP contribution in [0.5, 0.6) is 0 Å². The van der Waals surface area contributed by atoms with Gasteiger partial charge in [-0.2, -0.15) is 0 Å². The maximum Gasteiger partial charge on any atom is 0.154 e. The van der Waals surface area contributed by atoms with Gasteiger partial charge in [-0.15, -0.1) is 0 Å². The van der Waals surface area contributed by atoms with Crippen LogP contribution in [0.15, 0.2) is 21.0 Å². The molecule has 0 amide bonds. The molecule has 5 heteroatoms. The van der Waals surface area contributed by atoms with Crippen LogP contribution in [0.4, 0.5) is 0 Å². The van der Waals surface area contributed by atoms with Gasteiger partial charge in [0.2, 0.25) is 0 Å². The molecule has 1 aromatic heterocycles. The van der Waals surface area contributed by atoms with Crippen LogP contribution in [-0.2, 0) is 0 Å². The van der Waals surface area contributed by atoms with Crippen molar-refractivity contribution in [2.45, 2.75) is 19.4 Å². The number of rotatable bonds is 3. The Bertz CT molecular complexity index is 549. The van der Waals surface area contributed by atoms with Gasteiger partial charge in [-0.1, -0.05) is 30.1 Å². The molecule has 0 radical (unpaired) electrons. The van der Waals surface area contributed by atoms with E-state index in [2.05, 4.69) is 28.2 Å². The van der Waals surface area contributed by atoms with Gasteiger partial charge < -0.3 is 9.73 Å². The van der Waals surface area contributed by atoms with E-state index in [0.717, 1.165) is 22.0 Å². The predicted octanol–water partition coefficient (Wildman–Crippen LogP) is 5.17. The van der Waals surface area contributed by atoms with Crippen LogP contribution in [0, 0.1) is 0 Å². The Kier molecular flexibility index (Phi) is 4.03. The van der Waals surface area contributed by atoms with Crippen molar-refractivity contribution < 1.29 is 4.42 Å². The van der Waals surface area contributed by atoms with Crippen molar-refractivity contribution in [1.29, 1.82) is 0 Å². The molecule has 0 spiro atoms. The molecule has 0 aliphatic carbocycles. The van der Waals surface area contributed by atoms with Gasteiger partial charge in [0.05, 0.1) is 16.1 Å². The van der Waals surface area contributed by atoms with Gasteiger partial charge in [0.25, 0.3) is 0 Å². The van der Waals surface area contributed by atoms with Crippen molar-refractivity contribution in [1.82, 2.24) is 5.32 Å². The largest absolute Gasteiger partial charge is 0.458 e. The number of fused-ring (bicyclic) bond motifs is 1. The van der Waals surface area contributed by atoms with E-state index in [1.54, 1.807) is 6.07 Å². The summed E-state index contributed by atoms with van der Waals surface area (Å²) >= 11 is 15.7. The zero-order valence-electron chi connectivity index (χ0n) is 9.48. The Labute approximate surface area is 118 Å². The Morgan fingerprint density at radius 1 is 1.41 bits per heavy atom. The Morgan fingerprint density at radius 3 is 2.71 bits per heavy atom. The number of furan rings is 1. The van der Waals surface area contributed by atoms with E-state index in [0.29, 0.717) is 15.6 Å². The number of halogens is 3. The van der Waals surface area contributed by atoms with Crippen molar-refractivity contribution in [3.63, 3.8) is 0 Å². The summed E-state index contributed by atoms with van der Waals surface area (Å²) in [4.78, 5) is 0. The number of hydrogen-bond donors (Lipinski definition) is 1. The molecular formula is C12H12BrCl2NO. The SMILES string of the molecule is CCC(NC)c1cc2c(Cl)c(Br)cc(Cl)c2o1. The fraction of sp³-hybridized carbons (Fsp3) is 0.333. The quantitative estimate of drug-likeness (QED) is 0.782. The van der Waals surface area contributed by atoms with Gasteiger partial charge in [-0.3, -0.25) is 0 Å². The molecule has 0 saturated carbocycles. The highest BCUT2D eigenvalue weighted by molar-refractivity contribution is 9.10. The average molecular weight is 337 g/mol. The molecule has 0 bridgehead atoms. The zero-order valence-corrected chi connectivity index (χ0v) is 12.6. The first-order valence-electron chi connectivity index (χ1n) is 5.32. The van der Waals surface area contributed by atoms with E-state index in [4.69, 9.17) is 27.6 Å². The predicted molar refractivity (Wildman–Crippen MR) is 76.0 cm³/mol. The van der Waals surface area contributed by atoms with Crippen LogP contribution >= 0.6 is 39.1 Å². The topological polar surface area (TPSA) is 25.2 Å². The molecule has 2 aromatic rings. The number of benzene rings is 1. The molecule has 1 atom stereocenters. The van der Waals surface area contributed by atoms with Gasteiger partial charge in [0.1, 0.15) is 5.76 Å². The van der Waals surface area contributed by atoms with Crippen molar-refractivity contribution >= 4 is 50.1 Å². The second kappa shape index (κ2) is 5.19. The Balaban J connectivity index is 2.64. The first kappa shape index (κ1) is 13.2. The van der Waals surface area contributed by atoms with E-state index in [-0.39, 0.29) is 6.04 Å². The normalized spacial score (nSPS) is 13.2. The lowest BCUT2D eigenvalue weighted by atomic mass is 10.1. The van der Waals surface area contributed by atoms with Gasteiger partial charge in [-0.05, 0) is 41.5 Å². The second-order valence-electron chi connectivity index (χ2n) is 3.80. The molecular weight excluding hydrogens is 325 g/mol.